The highest BCUT2D eigenvalue weighted by molar-refractivity contribution is 5.88. The first-order chi connectivity index (χ1) is 13.7. The summed E-state index contributed by atoms with van der Waals surface area (Å²) in [6.45, 7) is 3.66. The lowest BCUT2D eigenvalue weighted by Gasteiger charge is -2.38. The number of hydrogen-bond donors (Lipinski definition) is 0. The van der Waals surface area contributed by atoms with E-state index in [0.29, 0.717) is 12.8 Å². The van der Waals surface area contributed by atoms with Crippen LogP contribution in [0.5, 0.6) is 0 Å². The Hall–Kier alpha value is -2.47. The molecule has 28 heavy (non-hydrogen) atoms. The number of rotatable bonds is 3. The number of hydrogen-bond acceptors (Lipinski definition) is 5. The largest absolute Gasteiger partial charge is 0.356 e. The zero-order valence-corrected chi connectivity index (χ0v) is 16.3. The molecule has 3 fully saturated rings. The number of fused-ring (bicyclic) bond motifs is 1. The summed E-state index contributed by atoms with van der Waals surface area (Å²) in [6.07, 6.45) is 5.78. The molecule has 146 valence electrons. The molecule has 1 aromatic carbocycles. The Balaban J connectivity index is 1.32. The van der Waals surface area contributed by atoms with E-state index in [9.17, 15) is 4.79 Å². The van der Waals surface area contributed by atoms with Crippen molar-refractivity contribution in [3.63, 3.8) is 0 Å². The molecule has 3 aliphatic rings. The van der Waals surface area contributed by atoms with Crippen LogP contribution in [0.3, 0.4) is 0 Å². The standard InChI is InChI=1S/C22H26N4O2/c1-2-17-14-19(24-15-23-17)25-12-10-22(11-13-25)21(27)26-18(8-9-20(26)28-22)16-6-4-3-5-7-16/h3-7,14-15,18,20H,2,8-13H2,1H3/t18-,20+/m0/s1. The van der Waals surface area contributed by atoms with Gasteiger partial charge in [0.2, 0.25) is 0 Å². The predicted molar refractivity (Wildman–Crippen MR) is 106 cm³/mol. The molecule has 0 radical (unpaired) electrons. The van der Waals surface area contributed by atoms with Gasteiger partial charge in [0.15, 0.2) is 5.60 Å². The van der Waals surface area contributed by atoms with E-state index in [1.165, 1.54) is 5.56 Å². The fourth-order valence-corrected chi connectivity index (χ4v) is 4.90. The van der Waals surface area contributed by atoms with Gasteiger partial charge in [-0.05, 0) is 24.8 Å². The maximum atomic E-state index is 13.4. The van der Waals surface area contributed by atoms with Gasteiger partial charge in [0.05, 0.1) is 6.04 Å². The van der Waals surface area contributed by atoms with Gasteiger partial charge < -0.3 is 14.5 Å². The smallest absolute Gasteiger partial charge is 0.257 e. The summed E-state index contributed by atoms with van der Waals surface area (Å²) >= 11 is 0. The normalized spacial score (nSPS) is 26.1. The second kappa shape index (κ2) is 6.85. The molecule has 3 saturated heterocycles. The number of ether oxygens (including phenoxy) is 1. The van der Waals surface area contributed by atoms with Gasteiger partial charge in [-0.3, -0.25) is 4.79 Å². The summed E-state index contributed by atoms with van der Waals surface area (Å²) in [6, 6.07) is 12.5. The molecule has 0 unspecified atom stereocenters. The van der Waals surface area contributed by atoms with Crippen molar-refractivity contribution < 1.29 is 9.53 Å². The molecular weight excluding hydrogens is 352 g/mol. The zero-order chi connectivity index (χ0) is 19.1. The van der Waals surface area contributed by atoms with E-state index in [0.717, 1.165) is 43.9 Å². The lowest BCUT2D eigenvalue weighted by molar-refractivity contribution is -0.140. The van der Waals surface area contributed by atoms with Crippen molar-refractivity contribution in [2.75, 3.05) is 18.0 Å². The number of amides is 1. The van der Waals surface area contributed by atoms with E-state index in [4.69, 9.17) is 4.74 Å². The highest BCUT2D eigenvalue weighted by Crippen LogP contribution is 2.47. The van der Waals surface area contributed by atoms with Crippen molar-refractivity contribution in [1.29, 1.82) is 0 Å². The lowest BCUT2D eigenvalue weighted by Crippen LogP contribution is -2.50. The number of anilines is 1. The van der Waals surface area contributed by atoms with Crippen molar-refractivity contribution in [2.24, 2.45) is 0 Å². The summed E-state index contributed by atoms with van der Waals surface area (Å²) in [5.41, 5.74) is 1.60. The monoisotopic (exact) mass is 378 g/mol. The van der Waals surface area contributed by atoms with E-state index in [-0.39, 0.29) is 18.2 Å². The minimum absolute atomic E-state index is 0.0741. The number of nitrogens with zero attached hydrogens (tertiary/aromatic N) is 4. The summed E-state index contributed by atoms with van der Waals surface area (Å²) < 4.78 is 6.42. The van der Waals surface area contributed by atoms with E-state index in [1.54, 1.807) is 6.33 Å². The SMILES string of the molecule is CCc1cc(N2CCC3(CC2)O[C@@H]2CC[C@@H](c4ccccc4)N2C3=O)ncn1. The maximum absolute atomic E-state index is 13.4. The predicted octanol–water partition coefficient (Wildman–Crippen LogP) is 3.10. The molecule has 2 aromatic rings. The fraction of sp³-hybridized carbons (Fsp3) is 0.500. The van der Waals surface area contributed by atoms with Crippen LogP contribution < -0.4 is 4.90 Å². The molecule has 2 atom stereocenters. The number of aryl methyl sites for hydroxylation is 1. The van der Waals surface area contributed by atoms with Gasteiger partial charge in [0.25, 0.3) is 5.91 Å². The minimum Gasteiger partial charge on any atom is -0.356 e. The number of aromatic nitrogens is 2. The quantitative estimate of drug-likeness (QED) is 0.821. The molecule has 1 amide bonds. The second-order valence-corrected chi connectivity index (χ2v) is 7.99. The van der Waals surface area contributed by atoms with Crippen LogP contribution in [-0.4, -0.2) is 45.7 Å². The topological polar surface area (TPSA) is 58.6 Å². The van der Waals surface area contributed by atoms with Gasteiger partial charge in [0, 0.05) is 37.7 Å². The van der Waals surface area contributed by atoms with Crippen molar-refractivity contribution in [1.82, 2.24) is 14.9 Å². The average molecular weight is 378 g/mol. The van der Waals surface area contributed by atoms with Crippen molar-refractivity contribution in [3.8, 4) is 0 Å². The van der Waals surface area contributed by atoms with Crippen LogP contribution in [-0.2, 0) is 16.0 Å². The Morgan fingerprint density at radius 1 is 1.14 bits per heavy atom. The third-order valence-electron chi connectivity index (χ3n) is 6.47. The van der Waals surface area contributed by atoms with E-state index in [1.807, 2.05) is 23.1 Å². The number of carbonyl (C=O) groups excluding carboxylic acids is 1. The van der Waals surface area contributed by atoms with E-state index in [2.05, 4.69) is 40.0 Å². The molecule has 6 nitrogen and oxygen atoms in total. The van der Waals surface area contributed by atoms with Crippen LogP contribution >= 0.6 is 0 Å². The third-order valence-corrected chi connectivity index (χ3v) is 6.47. The van der Waals surface area contributed by atoms with Gasteiger partial charge >= 0.3 is 0 Å². The molecule has 0 bridgehead atoms. The summed E-state index contributed by atoms with van der Waals surface area (Å²) in [5, 5.41) is 0. The van der Waals surface area contributed by atoms with E-state index >= 15 is 0 Å². The van der Waals surface area contributed by atoms with Crippen LogP contribution in [0, 0.1) is 0 Å². The van der Waals surface area contributed by atoms with Gasteiger partial charge in [-0.15, -0.1) is 0 Å². The summed E-state index contributed by atoms with van der Waals surface area (Å²) in [5.74, 6) is 1.13. The Labute approximate surface area is 165 Å². The van der Waals surface area contributed by atoms with Crippen LogP contribution in [0.2, 0.25) is 0 Å². The molecule has 3 aliphatic heterocycles. The third kappa shape index (κ3) is 2.78. The molecule has 1 aromatic heterocycles. The second-order valence-electron chi connectivity index (χ2n) is 7.99. The highest BCUT2D eigenvalue weighted by Gasteiger charge is 2.57. The van der Waals surface area contributed by atoms with Crippen molar-refractivity contribution >= 4 is 11.7 Å². The first-order valence-electron chi connectivity index (χ1n) is 10.3. The Morgan fingerprint density at radius 2 is 1.93 bits per heavy atom. The molecule has 6 heteroatoms. The maximum Gasteiger partial charge on any atom is 0.257 e. The van der Waals surface area contributed by atoms with Crippen LogP contribution in [0.4, 0.5) is 5.82 Å². The number of carbonyl (C=O) groups is 1. The van der Waals surface area contributed by atoms with Gasteiger partial charge in [-0.2, -0.15) is 0 Å². The molecule has 0 N–H and O–H groups in total. The van der Waals surface area contributed by atoms with Crippen LogP contribution in [0.25, 0.3) is 0 Å². The minimum atomic E-state index is -0.658. The number of benzene rings is 1. The Bertz CT molecular complexity index is 864. The number of piperidine rings is 1. The molecule has 4 heterocycles. The van der Waals surface area contributed by atoms with Crippen molar-refractivity contribution in [2.45, 2.75) is 56.9 Å². The molecular formula is C22H26N4O2. The first kappa shape index (κ1) is 17.6. The fourth-order valence-electron chi connectivity index (χ4n) is 4.90. The Kier molecular flexibility index (Phi) is 4.31. The highest BCUT2D eigenvalue weighted by atomic mass is 16.6. The van der Waals surface area contributed by atoms with Crippen LogP contribution in [0.15, 0.2) is 42.7 Å². The van der Waals surface area contributed by atoms with Gasteiger partial charge in [-0.25, -0.2) is 9.97 Å². The van der Waals surface area contributed by atoms with Gasteiger partial charge in [0.1, 0.15) is 18.4 Å². The average Bonchev–Trinajstić information content (AvgIpc) is 3.27. The molecule has 0 saturated carbocycles. The summed E-state index contributed by atoms with van der Waals surface area (Å²) in [7, 11) is 0. The van der Waals surface area contributed by atoms with E-state index < -0.39 is 5.60 Å². The first-order valence-corrected chi connectivity index (χ1v) is 10.3. The Morgan fingerprint density at radius 3 is 2.68 bits per heavy atom. The lowest BCUT2D eigenvalue weighted by atomic mass is 9.89. The molecule has 5 rings (SSSR count). The molecule has 1 spiro atoms. The van der Waals surface area contributed by atoms with Gasteiger partial charge in [-0.1, -0.05) is 37.3 Å². The van der Waals surface area contributed by atoms with Crippen molar-refractivity contribution in [3.05, 3.63) is 54.0 Å². The van der Waals surface area contributed by atoms with Crippen LogP contribution in [0.1, 0.15) is 49.9 Å². The zero-order valence-electron chi connectivity index (χ0n) is 16.3. The summed E-state index contributed by atoms with van der Waals surface area (Å²) in [4.78, 5) is 26.4. The molecule has 0 aliphatic carbocycles.